The van der Waals surface area contributed by atoms with Crippen molar-refractivity contribution in [1.82, 2.24) is 9.55 Å². The molecular formula is C20H16N2. The Balaban J connectivity index is 2.02. The van der Waals surface area contributed by atoms with Crippen molar-refractivity contribution in [3.63, 3.8) is 0 Å². The maximum atomic E-state index is 4.59. The summed E-state index contributed by atoms with van der Waals surface area (Å²) in [6.07, 6.45) is 1.85. The minimum Gasteiger partial charge on any atom is -0.312 e. The minimum absolute atomic E-state index is 1.03. The smallest absolute Gasteiger partial charge is 0.0942 e. The average Bonchev–Trinajstić information content (AvgIpc) is 2.96. The van der Waals surface area contributed by atoms with Crippen LogP contribution in [0.2, 0.25) is 0 Å². The summed E-state index contributed by atoms with van der Waals surface area (Å²) in [6, 6.07) is 25.2. The normalized spacial score (nSPS) is 11.0. The van der Waals surface area contributed by atoms with Crippen molar-refractivity contribution in [3.8, 4) is 16.9 Å². The van der Waals surface area contributed by atoms with E-state index < -0.39 is 0 Å². The van der Waals surface area contributed by atoms with Gasteiger partial charge in [0.2, 0.25) is 0 Å². The van der Waals surface area contributed by atoms with Gasteiger partial charge in [0, 0.05) is 17.3 Å². The molecule has 0 atom stereocenters. The molecule has 2 nitrogen and oxygen atoms in total. The molecule has 0 saturated heterocycles. The fraction of sp³-hybridized carbons (Fsp3) is 0.0500. The number of para-hydroxylation sites is 1. The summed E-state index contributed by atoms with van der Waals surface area (Å²) in [4.78, 5) is 4.59. The standard InChI is InChI=1S/C20H16N2/c1-15-12-13-18(16-7-3-2-4-8-16)22(15)19-11-5-9-17-10-6-14-21-20(17)19/h2-14H,1H3. The van der Waals surface area contributed by atoms with Crippen LogP contribution in [0.4, 0.5) is 0 Å². The SMILES string of the molecule is Cc1ccc(-c2ccccc2)n1-c1cccc2cccnc12. The molecule has 0 bridgehead atoms. The van der Waals surface area contributed by atoms with Crippen molar-refractivity contribution in [2.24, 2.45) is 0 Å². The van der Waals surface area contributed by atoms with Gasteiger partial charge in [0.25, 0.3) is 0 Å². The number of pyridine rings is 1. The Morgan fingerprint density at radius 1 is 0.773 bits per heavy atom. The third kappa shape index (κ3) is 2.01. The van der Waals surface area contributed by atoms with Crippen LogP contribution >= 0.6 is 0 Å². The monoisotopic (exact) mass is 284 g/mol. The highest BCUT2D eigenvalue weighted by Crippen LogP contribution is 2.29. The van der Waals surface area contributed by atoms with Crippen molar-refractivity contribution < 1.29 is 0 Å². The van der Waals surface area contributed by atoms with Crippen LogP contribution in [0.3, 0.4) is 0 Å². The molecule has 0 aliphatic heterocycles. The number of hydrogen-bond acceptors (Lipinski definition) is 1. The van der Waals surface area contributed by atoms with Crippen molar-refractivity contribution in [2.75, 3.05) is 0 Å². The Kier molecular flexibility index (Phi) is 3.01. The molecule has 0 saturated carbocycles. The first-order chi connectivity index (χ1) is 10.8. The quantitative estimate of drug-likeness (QED) is 0.506. The van der Waals surface area contributed by atoms with Gasteiger partial charge in [-0.05, 0) is 36.8 Å². The molecule has 0 aliphatic carbocycles. The number of fused-ring (bicyclic) bond motifs is 1. The molecule has 4 rings (SSSR count). The molecule has 0 aliphatic rings. The lowest BCUT2D eigenvalue weighted by Crippen LogP contribution is -2.00. The molecule has 106 valence electrons. The molecule has 0 N–H and O–H groups in total. The van der Waals surface area contributed by atoms with E-state index in [1.807, 2.05) is 18.3 Å². The Bertz CT molecular complexity index is 931. The van der Waals surface area contributed by atoms with Crippen LogP contribution < -0.4 is 0 Å². The Labute approximate surface area is 129 Å². The van der Waals surface area contributed by atoms with E-state index in [4.69, 9.17) is 0 Å². The number of rotatable bonds is 2. The van der Waals surface area contributed by atoms with Gasteiger partial charge in [0.1, 0.15) is 0 Å². The van der Waals surface area contributed by atoms with Gasteiger partial charge >= 0.3 is 0 Å². The van der Waals surface area contributed by atoms with E-state index in [1.54, 1.807) is 0 Å². The number of hydrogen-bond donors (Lipinski definition) is 0. The zero-order valence-corrected chi connectivity index (χ0v) is 12.4. The van der Waals surface area contributed by atoms with Crippen molar-refractivity contribution in [3.05, 3.63) is 84.7 Å². The molecule has 0 spiro atoms. The summed E-state index contributed by atoms with van der Waals surface area (Å²) < 4.78 is 2.28. The van der Waals surface area contributed by atoms with Crippen molar-refractivity contribution in [1.29, 1.82) is 0 Å². The summed E-state index contributed by atoms with van der Waals surface area (Å²) in [7, 11) is 0. The largest absolute Gasteiger partial charge is 0.312 e. The lowest BCUT2D eigenvalue weighted by molar-refractivity contribution is 1.03. The van der Waals surface area contributed by atoms with Crippen LogP contribution in [0.15, 0.2) is 79.0 Å². The van der Waals surface area contributed by atoms with Crippen LogP contribution in [0.1, 0.15) is 5.69 Å². The van der Waals surface area contributed by atoms with Gasteiger partial charge in [-0.3, -0.25) is 4.98 Å². The molecule has 2 aromatic heterocycles. The first kappa shape index (κ1) is 12.8. The Morgan fingerprint density at radius 2 is 1.59 bits per heavy atom. The fourth-order valence-electron chi connectivity index (χ4n) is 2.96. The van der Waals surface area contributed by atoms with Crippen molar-refractivity contribution in [2.45, 2.75) is 6.92 Å². The van der Waals surface area contributed by atoms with E-state index in [2.05, 4.69) is 77.1 Å². The first-order valence-corrected chi connectivity index (χ1v) is 7.42. The predicted octanol–water partition coefficient (Wildman–Crippen LogP) is 5.00. The Hall–Kier alpha value is -2.87. The van der Waals surface area contributed by atoms with Gasteiger partial charge in [-0.25, -0.2) is 0 Å². The molecule has 22 heavy (non-hydrogen) atoms. The number of nitrogens with zero attached hydrogens (tertiary/aromatic N) is 2. The van der Waals surface area contributed by atoms with E-state index in [-0.39, 0.29) is 0 Å². The fourth-order valence-corrected chi connectivity index (χ4v) is 2.96. The molecule has 2 aromatic carbocycles. The highest BCUT2D eigenvalue weighted by atomic mass is 15.0. The summed E-state index contributed by atoms with van der Waals surface area (Å²) in [5, 5.41) is 1.16. The van der Waals surface area contributed by atoms with E-state index in [9.17, 15) is 0 Å². The highest BCUT2D eigenvalue weighted by Gasteiger charge is 2.12. The van der Waals surface area contributed by atoms with Gasteiger partial charge < -0.3 is 4.57 Å². The molecule has 0 fully saturated rings. The third-order valence-corrected chi connectivity index (χ3v) is 4.00. The minimum atomic E-state index is 1.03. The maximum Gasteiger partial charge on any atom is 0.0942 e. The van der Waals surface area contributed by atoms with E-state index in [0.717, 1.165) is 16.6 Å². The average molecular weight is 284 g/mol. The van der Waals surface area contributed by atoms with E-state index in [1.165, 1.54) is 17.0 Å². The van der Waals surface area contributed by atoms with Gasteiger partial charge in [-0.2, -0.15) is 0 Å². The van der Waals surface area contributed by atoms with Gasteiger partial charge in [0.05, 0.1) is 16.9 Å². The maximum absolute atomic E-state index is 4.59. The summed E-state index contributed by atoms with van der Waals surface area (Å²) in [6.45, 7) is 2.13. The topological polar surface area (TPSA) is 17.8 Å². The van der Waals surface area contributed by atoms with Crippen LogP contribution in [0.5, 0.6) is 0 Å². The zero-order valence-electron chi connectivity index (χ0n) is 12.4. The van der Waals surface area contributed by atoms with E-state index >= 15 is 0 Å². The molecule has 2 heteroatoms. The number of aryl methyl sites for hydroxylation is 1. The summed E-state index contributed by atoms with van der Waals surface area (Å²) in [5.74, 6) is 0. The summed E-state index contributed by atoms with van der Waals surface area (Å²) >= 11 is 0. The second-order valence-electron chi connectivity index (χ2n) is 5.41. The highest BCUT2D eigenvalue weighted by molar-refractivity contribution is 5.87. The Morgan fingerprint density at radius 3 is 2.45 bits per heavy atom. The number of aromatic nitrogens is 2. The number of benzene rings is 2. The second kappa shape index (κ2) is 5.15. The van der Waals surface area contributed by atoms with Crippen LogP contribution in [-0.4, -0.2) is 9.55 Å². The molecular weight excluding hydrogens is 268 g/mol. The third-order valence-electron chi connectivity index (χ3n) is 4.00. The van der Waals surface area contributed by atoms with E-state index in [0.29, 0.717) is 0 Å². The van der Waals surface area contributed by atoms with Gasteiger partial charge in [-0.15, -0.1) is 0 Å². The van der Waals surface area contributed by atoms with Crippen LogP contribution in [-0.2, 0) is 0 Å². The lowest BCUT2D eigenvalue weighted by Gasteiger charge is -2.14. The summed E-state index contributed by atoms with van der Waals surface area (Å²) in [5.41, 5.74) is 5.76. The predicted molar refractivity (Wildman–Crippen MR) is 91.2 cm³/mol. The van der Waals surface area contributed by atoms with Gasteiger partial charge in [-0.1, -0.05) is 48.5 Å². The zero-order chi connectivity index (χ0) is 14.9. The molecule has 0 unspecified atom stereocenters. The first-order valence-electron chi connectivity index (χ1n) is 7.42. The lowest BCUT2D eigenvalue weighted by atomic mass is 10.1. The second-order valence-corrected chi connectivity index (χ2v) is 5.41. The molecule has 0 amide bonds. The van der Waals surface area contributed by atoms with Crippen molar-refractivity contribution >= 4 is 10.9 Å². The molecule has 0 radical (unpaired) electrons. The molecule has 2 heterocycles. The molecule has 4 aromatic rings. The van der Waals surface area contributed by atoms with Crippen LogP contribution in [0, 0.1) is 6.92 Å². The van der Waals surface area contributed by atoms with Gasteiger partial charge in [0.15, 0.2) is 0 Å². The van der Waals surface area contributed by atoms with Crippen LogP contribution in [0.25, 0.3) is 27.8 Å².